The molecule has 4 rings (SSSR count). The number of likely N-dealkylation sites (N-methyl/N-ethyl adjacent to an activating group) is 1. The first kappa shape index (κ1) is 13.6. The smallest absolute Gasteiger partial charge is 0.244 e. The van der Waals surface area contributed by atoms with E-state index in [2.05, 4.69) is 39.8 Å². The number of hydrogen-bond donors (Lipinski definition) is 0. The van der Waals surface area contributed by atoms with Crippen molar-refractivity contribution in [2.24, 2.45) is 0 Å². The van der Waals surface area contributed by atoms with Crippen molar-refractivity contribution in [2.45, 2.75) is 12.6 Å². The Hall–Kier alpha value is -3.02. The summed E-state index contributed by atoms with van der Waals surface area (Å²) in [6, 6.07) is 16.4. The first-order valence-corrected chi connectivity index (χ1v) is 7.40. The van der Waals surface area contributed by atoms with Gasteiger partial charge in [-0.3, -0.25) is 4.79 Å². The minimum Gasteiger partial charge on any atom is -0.333 e. The first-order valence-electron chi connectivity index (χ1n) is 7.40. The van der Waals surface area contributed by atoms with Crippen LogP contribution in [-0.4, -0.2) is 38.1 Å². The summed E-state index contributed by atoms with van der Waals surface area (Å²) in [7, 11) is 1.83. The van der Waals surface area contributed by atoms with Gasteiger partial charge in [0.05, 0.1) is 6.04 Å². The van der Waals surface area contributed by atoms with Crippen molar-refractivity contribution in [3.8, 4) is 11.1 Å². The molecule has 3 aromatic rings. The van der Waals surface area contributed by atoms with Gasteiger partial charge < -0.3 is 4.90 Å². The van der Waals surface area contributed by atoms with Gasteiger partial charge >= 0.3 is 0 Å². The van der Waals surface area contributed by atoms with Crippen LogP contribution < -0.4 is 0 Å². The highest BCUT2D eigenvalue weighted by atomic mass is 16.2. The molecule has 0 saturated heterocycles. The van der Waals surface area contributed by atoms with E-state index in [-0.39, 0.29) is 18.5 Å². The maximum atomic E-state index is 12.6. The Morgan fingerprint density at radius 1 is 1.09 bits per heavy atom. The number of carbonyl (C=O) groups is 1. The average Bonchev–Trinajstić information content (AvgIpc) is 3.20. The van der Waals surface area contributed by atoms with E-state index in [1.807, 2.05) is 31.3 Å². The van der Waals surface area contributed by atoms with Crippen LogP contribution in [0.15, 0.2) is 54.9 Å². The second-order valence-electron chi connectivity index (χ2n) is 5.59. The summed E-state index contributed by atoms with van der Waals surface area (Å²) in [5.74, 6) is -0.0335. The highest BCUT2D eigenvalue weighted by molar-refractivity contribution is 5.83. The van der Waals surface area contributed by atoms with Crippen molar-refractivity contribution in [3.05, 3.63) is 66.0 Å². The molecule has 1 aromatic heterocycles. The standard InChI is InChI=1S/C17H15N5O/c1-21(16(23)10-22-11-18-19-20-22)17-14-8-4-2-6-12(14)13-7-3-5-9-15(13)17/h2-9,11,17H,10H2,1H3. The zero-order chi connectivity index (χ0) is 15.8. The molecule has 0 saturated carbocycles. The minimum atomic E-state index is -0.0774. The zero-order valence-corrected chi connectivity index (χ0v) is 12.6. The fraction of sp³-hybridized carbons (Fsp3) is 0.176. The van der Waals surface area contributed by atoms with E-state index >= 15 is 0 Å². The summed E-state index contributed by atoms with van der Waals surface area (Å²) in [6.45, 7) is 0.129. The number of benzene rings is 2. The fourth-order valence-corrected chi connectivity index (χ4v) is 3.19. The minimum absolute atomic E-state index is 0.0335. The lowest BCUT2D eigenvalue weighted by molar-refractivity contribution is -0.132. The van der Waals surface area contributed by atoms with Crippen LogP contribution in [0.25, 0.3) is 11.1 Å². The van der Waals surface area contributed by atoms with Gasteiger partial charge in [0.1, 0.15) is 12.9 Å². The molecule has 6 heteroatoms. The molecule has 0 atom stereocenters. The maximum absolute atomic E-state index is 12.6. The van der Waals surface area contributed by atoms with Crippen LogP contribution in [0.4, 0.5) is 0 Å². The number of rotatable bonds is 3. The van der Waals surface area contributed by atoms with Crippen LogP contribution in [-0.2, 0) is 11.3 Å². The summed E-state index contributed by atoms with van der Waals surface area (Å²) in [4.78, 5) is 14.4. The number of amides is 1. The van der Waals surface area contributed by atoms with Crippen LogP contribution >= 0.6 is 0 Å². The van der Waals surface area contributed by atoms with Gasteiger partial charge in [-0.25, -0.2) is 4.68 Å². The van der Waals surface area contributed by atoms with Gasteiger partial charge in [0.15, 0.2) is 0 Å². The van der Waals surface area contributed by atoms with Crippen LogP contribution in [0.5, 0.6) is 0 Å². The van der Waals surface area contributed by atoms with E-state index in [1.54, 1.807) is 4.90 Å². The number of nitrogens with zero attached hydrogens (tertiary/aromatic N) is 5. The molecule has 1 amide bonds. The Morgan fingerprint density at radius 3 is 2.26 bits per heavy atom. The van der Waals surface area contributed by atoms with Crippen molar-refractivity contribution in [1.82, 2.24) is 25.1 Å². The number of carbonyl (C=O) groups excluding carboxylic acids is 1. The van der Waals surface area contributed by atoms with E-state index in [1.165, 1.54) is 22.1 Å². The SMILES string of the molecule is CN(C(=O)Cn1cnnn1)C1c2ccccc2-c2ccccc21. The third-order valence-corrected chi connectivity index (χ3v) is 4.27. The van der Waals surface area contributed by atoms with Gasteiger partial charge in [-0.15, -0.1) is 5.10 Å². The zero-order valence-electron chi connectivity index (χ0n) is 12.6. The predicted molar refractivity (Wildman–Crippen MR) is 84.3 cm³/mol. The molecule has 23 heavy (non-hydrogen) atoms. The molecule has 6 nitrogen and oxygen atoms in total. The highest BCUT2D eigenvalue weighted by Gasteiger charge is 2.33. The first-order chi connectivity index (χ1) is 11.3. The molecule has 0 N–H and O–H groups in total. The molecule has 1 heterocycles. The van der Waals surface area contributed by atoms with E-state index in [0.29, 0.717) is 0 Å². The Bertz CT molecular complexity index is 813. The predicted octanol–water partition coefficient (Wildman–Crippen LogP) is 1.90. The van der Waals surface area contributed by atoms with Crippen molar-refractivity contribution < 1.29 is 4.79 Å². The van der Waals surface area contributed by atoms with E-state index in [9.17, 15) is 4.79 Å². The van der Waals surface area contributed by atoms with Crippen LogP contribution in [0.3, 0.4) is 0 Å². The normalized spacial score (nSPS) is 12.7. The molecule has 114 valence electrons. The summed E-state index contributed by atoms with van der Waals surface area (Å²) in [5, 5.41) is 10.9. The van der Waals surface area contributed by atoms with Crippen molar-refractivity contribution in [2.75, 3.05) is 7.05 Å². The van der Waals surface area contributed by atoms with Crippen molar-refractivity contribution >= 4 is 5.91 Å². The van der Waals surface area contributed by atoms with Crippen LogP contribution in [0, 0.1) is 0 Å². The lowest BCUT2D eigenvalue weighted by Gasteiger charge is -2.26. The fourth-order valence-electron chi connectivity index (χ4n) is 3.19. The molecule has 0 unspecified atom stereocenters. The van der Waals surface area contributed by atoms with Gasteiger partial charge in [0, 0.05) is 7.05 Å². The average molecular weight is 305 g/mol. The Kier molecular flexibility index (Phi) is 3.15. The molecular formula is C17H15N5O. The third-order valence-electron chi connectivity index (χ3n) is 4.27. The number of hydrogen-bond acceptors (Lipinski definition) is 4. The van der Waals surface area contributed by atoms with Gasteiger partial charge in [0.2, 0.25) is 5.91 Å². The van der Waals surface area contributed by atoms with Crippen LogP contribution in [0.2, 0.25) is 0 Å². The molecule has 0 radical (unpaired) electrons. The Morgan fingerprint density at radius 2 is 1.70 bits per heavy atom. The summed E-state index contributed by atoms with van der Waals surface area (Å²) >= 11 is 0. The quantitative estimate of drug-likeness (QED) is 0.741. The molecule has 1 aliphatic carbocycles. The Labute approximate surface area is 133 Å². The van der Waals surface area contributed by atoms with Crippen LogP contribution in [0.1, 0.15) is 17.2 Å². The van der Waals surface area contributed by atoms with E-state index in [4.69, 9.17) is 0 Å². The number of aromatic nitrogens is 4. The number of fused-ring (bicyclic) bond motifs is 3. The monoisotopic (exact) mass is 305 g/mol. The van der Waals surface area contributed by atoms with Crippen molar-refractivity contribution in [1.29, 1.82) is 0 Å². The van der Waals surface area contributed by atoms with E-state index < -0.39 is 0 Å². The topological polar surface area (TPSA) is 63.9 Å². The van der Waals surface area contributed by atoms with Gasteiger partial charge in [-0.05, 0) is 32.7 Å². The van der Waals surface area contributed by atoms with Gasteiger partial charge in [0.25, 0.3) is 0 Å². The lowest BCUT2D eigenvalue weighted by Crippen LogP contribution is -2.33. The molecular weight excluding hydrogens is 290 g/mol. The molecule has 0 bridgehead atoms. The van der Waals surface area contributed by atoms with Crippen molar-refractivity contribution in [3.63, 3.8) is 0 Å². The number of tetrazole rings is 1. The molecule has 2 aromatic carbocycles. The molecule has 0 fully saturated rings. The lowest BCUT2D eigenvalue weighted by atomic mass is 10.0. The molecule has 0 aliphatic heterocycles. The van der Waals surface area contributed by atoms with Gasteiger partial charge in [-0.1, -0.05) is 48.5 Å². The summed E-state index contributed by atoms with van der Waals surface area (Å²) < 4.78 is 1.44. The summed E-state index contributed by atoms with van der Waals surface area (Å²) in [5.41, 5.74) is 4.69. The van der Waals surface area contributed by atoms with Gasteiger partial charge in [-0.2, -0.15) is 0 Å². The maximum Gasteiger partial charge on any atom is 0.244 e. The largest absolute Gasteiger partial charge is 0.333 e. The highest BCUT2D eigenvalue weighted by Crippen LogP contribution is 2.45. The van der Waals surface area contributed by atoms with E-state index in [0.717, 1.165) is 11.1 Å². The molecule has 0 spiro atoms. The second kappa shape index (κ2) is 5.31. The summed E-state index contributed by atoms with van der Waals surface area (Å²) in [6.07, 6.45) is 1.45. The second-order valence-corrected chi connectivity index (χ2v) is 5.59. The molecule has 1 aliphatic rings. The Balaban J connectivity index is 1.72. The third kappa shape index (κ3) is 2.19.